The van der Waals surface area contributed by atoms with Crippen molar-refractivity contribution in [1.29, 1.82) is 0 Å². The van der Waals surface area contributed by atoms with Crippen LogP contribution in [-0.2, 0) is 38.1 Å². The van der Waals surface area contributed by atoms with Gasteiger partial charge in [0.05, 0.1) is 14.2 Å². The molecule has 3 rings (SSSR count). The first kappa shape index (κ1) is 13.3. The zero-order chi connectivity index (χ0) is 14.3. The van der Waals surface area contributed by atoms with Crippen LogP contribution >= 0.6 is 0 Å². The molecule has 104 valence electrons. The highest BCUT2D eigenvalue weighted by atomic mass is 16.7. The van der Waals surface area contributed by atoms with Crippen molar-refractivity contribution < 1.29 is 38.1 Å². The van der Waals surface area contributed by atoms with Crippen LogP contribution in [0.4, 0.5) is 0 Å². The van der Waals surface area contributed by atoms with Gasteiger partial charge in [0.25, 0.3) is 0 Å². The summed E-state index contributed by atoms with van der Waals surface area (Å²) in [6, 6.07) is 0. The molecule has 3 heterocycles. The van der Waals surface area contributed by atoms with Gasteiger partial charge in [-0.05, 0) is 6.42 Å². The van der Waals surface area contributed by atoms with Gasteiger partial charge in [-0.15, -0.1) is 0 Å². The molecule has 0 spiro atoms. The zero-order valence-corrected chi connectivity index (χ0v) is 10.4. The van der Waals surface area contributed by atoms with Crippen molar-refractivity contribution in [1.82, 2.24) is 0 Å². The zero-order valence-electron chi connectivity index (χ0n) is 10.4. The van der Waals surface area contributed by atoms with E-state index in [1.54, 1.807) is 0 Å². The highest BCUT2D eigenvalue weighted by Gasteiger charge is 2.68. The molecule has 8 heteroatoms. The summed E-state index contributed by atoms with van der Waals surface area (Å²) < 4.78 is 18.7. The summed E-state index contributed by atoms with van der Waals surface area (Å²) in [4.78, 5) is 47.3. The number of methoxy groups -OCH3 is 2. The first-order valence-electron chi connectivity index (χ1n) is 5.56. The molecule has 0 amide bonds. The summed E-state index contributed by atoms with van der Waals surface area (Å²) >= 11 is 0. The van der Waals surface area contributed by atoms with Crippen molar-refractivity contribution in [3.63, 3.8) is 0 Å². The normalized spacial score (nSPS) is 32.9. The van der Waals surface area contributed by atoms with Gasteiger partial charge in [-0.3, -0.25) is 0 Å². The van der Waals surface area contributed by atoms with Gasteiger partial charge >= 0.3 is 35.1 Å². The molecule has 3 aliphatic rings. The second kappa shape index (κ2) is 4.22. The third kappa shape index (κ3) is 1.59. The van der Waals surface area contributed by atoms with Crippen molar-refractivity contribution in [2.45, 2.75) is 30.5 Å². The summed E-state index contributed by atoms with van der Waals surface area (Å²) in [7, 11) is 2.12. The number of rotatable bonds is 2. The molecule has 19 heavy (non-hydrogen) atoms. The lowest BCUT2D eigenvalue weighted by Gasteiger charge is -2.36. The van der Waals surface area contributed by atoms with Crippen molar-refractivity contribution >= 4 is 23.9 Å². The maximum atomic E-state index is 12.0. The second-order valence-electron chi connectivity index (χ2n) is 4.27. The Morgan fingerprint density at radius 3 is 1.63 bits per heavy atom. The van der Waals surface area contributed by atoms with E-state index in [9.17, 15) is 19.2 Å². The SMILES string of the molecule is COC(=O)[C@]12CCC[C@](C(=O)OC)(OC1=O)C(=O)O2. The average molecular weight is 272 g/mol. The maximum absolute atomic E-state index is 12.0. The Bertz CT molecular complexity index is 427. The van der Waals surface area contributed by atoms with Crippen molar-refractivity contribution in [3.8, 4) is 0 Å². The fraction of sp³-hybridized carbons (Fsp3) is 0.636. The third-order valence-electron chi connectivity index (χ3n) is 3.28. The van der Waals surface area contributed by atoms with Gasteiger partial charge in [0.2, 0.25) is 0 Å². The van der Waals surface area contributed by atoms with Gasteiger partial charge in [0.1, 0.15) is 0 Å². The summed E-state index contributed by atoms with van der Waals surface area (Å²) in [6.07, 6.45) is 0.00760. The van der Waals surface area contributed by atoms with Crippen LogP contribution in [0.5, 0.6) is 0 Å². The lowest BCUT2D eigenvalue weighted by Crippen LogP contribution is -2.64. The molecule has 0 aromatic rings. The van der Waals surface area contributed by atoms with Crippen LogP contribution in [0.15, 0.2) is 0 Å². The van der Waals surface area contributed by atoms with Crippen LogP contribution < -0.4 is 0 Å². The highest BCUT2D eigenvalue weighted by molar-refractivity contribution is 6.14. The van der Waals surface area contributed by atoms with Gasteiger partial charge in [-0.1, -0.05) is 0 Å². The number of ether oxygens (including phenoxy) is 4. The van der Waals surface area contributed by atoms with E-state index in [1.165, 1.54) is 0 Å². The van der Waals surface area contributed by atoms with Gasteiger partial charge < -0.3 is 18.9 Å². The highest BCUT2D eigenvalue weighted by Crippen LogP contribution is 2.40. The van der Waals surface area contributed by atoms with Crippen LogP contribution in [0.2, 0.25) is 0 Å². The van der Waals surface area contributed by atoms with Crippen LogP contribution in [-0.4, -0.2) is 49.3 Å². The fourth-order valence-electron chi connectivity index (χ4n) is 2.24. The Balaban J connectivity index is 2.46. The van der Waals surface area contributed by atoms with Crippen LogP contribution in [0.3, 0.4) is 0 Å². The first-order valence-corrected chi connectivity index (χ1v) is 5.56. The van der Waals surface area contributed by atoms with Gasteiger partial charge in [-0.25, -0.2) is 19.2 Å². The second-order valence-corrected chi connectivity index (χ2v) is 4.27. The summed E-state index contributed by atoms with van der Waals surface area (Å²) in [5, 5.41) is 0. The van der Waals surface area contributed by atoms with Gasteiger partial charge in [0.15, 0.2) is 0 Å². The third-order valence-corrected chi connectivity index (χ3v) is 3.28. The first-order chi connectivity index (χ1) is 8.93. The summed E-state index contributed by atoms with van der Waals surface area (Å²) in [6.45, 7) is 0. The van der Waals surface area contributed by atoms with E-state index in [1.807, 2.05) is 0 Å². The minimum Gasteiger partial charge on any atom is -0.466 e. The van der Waals surface area contributed by atoms with Crippen LogP contribution in [0.25, 0.3) is 0 Å². The number of esters is 4. The number of carbonyl (C=O) groups is 4. The van der Waals surface area contributed by atoms with Crippen molar-refractivity contribution in [2.24, 2.45) is 0 Å². The predicted octanol–water partition coefficient (Wildman–Crippen LogP) is -0.906. The van der Waals surface area contributed by atoms with E-state index in [0.29, 0.717) is 0 Å². The van der Waals surface area contributed by atoms with Crippen molar-refractivity contribution in [3.05, 3.63) is 0 Å². The molecule has 3 aliphatic heterocycles. The molecular weight excluding hydrogens is 260 g/mol. The Labute approximate surface area is 107 Å². The molecule has 0 aliphatic carbocycles. The number of fused-ring (bicyclic) bond motifs is 4. The molecule has 0 radical (unpaired) electrons. The molecule has 0 aromatic carbocycles. The molecule has 2 atom stereocenters. The standard InChI is InChI=1S/C11H12O8/c1-16-6(12)10-4-3-5-11(7(13)17-2,9(15)18-10)19-8(10)14/h3-5H2,1-2H3/t10-,11-/m1/s1. The maximum Gasteiger partial charge on any atom is 0.364 e. The lowest BCUT2D eigenvalue weighted by molar-refractivity contribution is -0.230. The van der Waals surface area contributed by atoms with E-state index in [2.05, 4.69) is 9.47 Å². The molecule has 3 fully saturated rings. The summed E-state index contributed by atoms with van der Waals surface area (Å²) in [5.41, 5.74) is -4.22. The molecular formula is C11H12O8. The van der Waals surface area contributed by atoms with Gasteiger partial charge in [0, 0.05) is 12.8 Å². The van der Waals surface area contributed by atoms with Crippen molar-refractivity contribution in [2.75, 3.05) is 14.2 Å². The quantitative estimate of drug-likeness (QED) is 0.361. The number of hydrogen-bond acceptors (Lipinski definition) is 8. The Hall–Kier alpha value is -2.12. The van der Waals surface area contributed by atoms with E-state index in [-0.39, 0.29) is 19.3 Å². The number of carbonyl (C=O) groups excluding carboxylic acids is 4. The molecule has 2 bridgehead atoms. The van der Waals surface area contributed by atoms with Crippen LogP contribution in [0, 0.1) is 0 Å². The fourth-order valence-corrected chi connectivity index (χ4v) is 2.24. The Morgan fingerprint density at radius 2 is 1.32 bits per heavy atom. The number of hydrogen-bond donors (Lipinski definition) is 0. The largest absolute Gasteiger partial charge is 0.466 e. The van der Waals surface area contributed by atoms with E-state index >= 15 is 0 Å². The Kier molecular flexibility index (Phi) is 2.95. The molecule has 8 nitrogen and oxygen atoms in total. The average Bonchev–Trinajstić information content (AvgIpc) is 2.64. The van der Waals surface area contributed by atoms with E-state index in [4.69, 9.17) is 9.47 Å². The Morgan fingerprint density at radius 1 is 0.947 bits per heavy atom. The predicted molar refractivity (Wildman–Crippen MR) is 55.5 cm³/mol. The minimum atomic E-state index is -2.11. The molecule has 0 unspecified atom stereocenters. The van der Waals surface area contributed by atoms with Gasteiger partial charge in [-0.2, -0.15) is 0 Å². The topological polar surface area (TPSA) is 105 Å². The lowest BCUT2D eigenvalue weighted by atomic mass is 9.96. The molecule has 0 N–H and O–H groups in total. The van der Waals surface area contributed by atoms with E-state index < -0.39 is 35.1 Å². The monoisotopic (exact) mass is 272 g/mol. The smallest absolute Gasteiger partial charge is 0.364 e. The summed E-state index contributed by atoms with van der Waals surface area (Å²) in [5.74, 6) is -4.26. The minimum absolute atomic E-state index is 0.0943. The molecule has 0 saturated carbocycles. The molecule has 3 saturated heterocycles. The van der Waals surface area contributed by atoms with E-state index in [0.717, 1.165) is 14.2 Å². The van der Waals surface area contributed by atoms with Crippen LogP contribution in [0.1, 0.15) is 19.3 Å². The molecule has 0 aromatic heterocycles.